The van der Waals surface area contributed by atoms with Gasteiger partial charge in [0, 0.05) is 16.5 Å². The minimum Gasteiger partial charge on any atom is -0.268 e. The summed E-state index contributed by atoms with van der Waals surface area (Å²) in [6.45, 7) is 8.47. The van der Waals surface area contributed by atoms with Crippen molar-refractivity contribution in [2.75, 3.05) is 4.90 Å². The van der Waals surface area contributed by atoms with E-state index in [1.54, 1.807) is 0 Å². The summed E-state index contributed by atoms with van der Waals surface area (Å²) in [6, 6.07) is 23.3. The zero-order chi connectivity index (χ0) is 26.7. The van der Waals surface area contributed by atoms with Gasteiger partial charge in [-0.25, -0.2) is 4.90 Å². The highest BCUT2D eigenvalue weighted by atomic mass is 16.2. The zero-order valence-corrected chi connectivity index (χ0v) is 22.7. The predicted octanol–water partition coefficient (Wildman–Crippen LogP) is 8.88. The lowest BCUT2D eigenvalue weighted by Crippen LogP contribution is -2.41. The fourth-order valence-corrected chi connectivity index (χ4v) is 7.38. The fourth-order valence-electron chi connectivity index (χ4n) is 7.38. The van der Waals surface area contributed by atoms with Gasteiger partial charge in [-0.1, -0.05) is 82.3 Å². The number of carbonyl (C=O) groups is 2. The Bertz CT molecular complexity index is 1930. The first-order valence-electron chi connectivity index (χ1n) is 14.1. The van der Waals surface area contributed by atoms with Crippen LogP contribution in [-0.4, -0.2) is 11.8 Å². The lowest BCUT2D eigenvalue weighted by atomic mass is 9.83. The second kappa shape index (κ2) is 7.66. The van der Waals surface area contributed by atoms with Gasteiger partial charge < -0.3 is 0 Å². The van der Waals surface area contributed by atoms with Gasteiger partial charge in [0.1, 0.15) is 0 Å². The van der Waals surface area contributed by atoms with Crippen molar-refractivity contribution >= 4 is 60.6 Å². The standard InChI is InChI=1S/C36H29NO2/c1-18(2)22-6-5-7-23(19(3)4)34(22)37-35(38)28-16-14-26-24-12-10-20-8-9-21-11-13-25(31(24)30(20)21)27-15-17-29(36(37)39)33(28)32(26)27/h5-7,10-19H,8-9H2,1-4H3. The summed E-state index contributed by atoms with van der Waals surface area (Å²) >= 11 is 0. The second-order valence-corrected chi connectivity index (χ2v) is 11.9. The second-order valence-electron chi connectivity index (χ2n) is 11.9. The largest absolute Gasteiger partial charge is 0.268 e. The van der Waals surface area contributed by atoms with Crippen LogP contribution in [0.15, 0.2) is 66.7 Å². The van der Waals surface area contributed by atoms with Gasteiger partial charge in [-0.05, 0) is 96.8 Å². The van der Waals surface area contributed by atoms with Crippen molar-refractivity contribution in [1.82, 2.24) is 0 Å². The highest BCUT2D eigenvalue weighted by Gasteiger charge is 2.38. The number of imide groups is 1. The summed E-state index contributed by atoms with van der Waals surface area (Å²) in [5.74, 6) is -0.118. The lowest BCUT2D eigenvalue weighted by molar-refractivity contribution is 0.0893. The smallest absolute Gasteiger partial charge is 0.266 e. The van der Waals surface area contributed by atoms with Crippen molar-refractivity contribution < 1.29 is 9.59 Å². The van der Waals surface area contributed by atoms with E-state index in [0.717, 1.165) is 51.2 Å². The van der Waals surface area contributed by atoms with Gasteiger partial charge in [0.05, 0.1) is 5.69 Å². The van der Waals surface area contributed by atoms with E-state index in [1.807, 2.05) is 18.2 Å². The van der Waals surface area contributed by atoms with Gasteiger partial charge in [0.25, 0.3) is 11.8 Å². The number of para-hydroxylation sites is 1. The summed E-state index contributed by atoms with van der Waals surface area (Å²) in [6.07, 6.45) is 2.18. The summed E-state index contributed by atoms with van der Waals surface area (Å²) in [5.41, 5.74) is 6.86. The summed E-state index contributed by atoms with van der Waals surface area (Å²) in [7, 11) is 0. The third-order valence-corrected chi connectivity index (χ3v) is 9.17. The Morgan fingerprint density at radius 2 is 0.974 bits per heavy atom. The molecule has 0 bridgehead atoms. The average molecular weight is 508 g/mol. The maximum Gasteiger partial charge on any atom is 0.266 e. The van der Waals surface area contributed by atoms with Gasteiger partial charge in [-0.15, -0.1) is 0 Å². The predicted molar refractivity (Wildman–Crippen MR) is 161 cm³/mol. The molecule has 2 amide bonds. The molecule has 0 atom stereocenters. The first-order chi connectivity index (χ1) is 18.9. The molecule has 0 fully saturated rings. The van der Waals surface area contributed by atoms with Crippen LogP contribution < -0.4 is 4.90 Å². The van der Waals surface area contributed by atoms with Crippen LogP contribution in [-0.2, 0) is 12.8 Å². The molecule has 1 aliphatic heterocycles. The number of amides is 2. The van der Waals surface area contributed by atoms with Crippen LogP contribution in [0.4, 0.5) is 5.69 Å². The number of fused-ring (bicyclic) bond motifs is 2. The zero-order valence-electron chi connectivity index (χ0n) is 22.7. The molecule has 39 heavy (non-hydrogen) atoms. The number of benzene rings is 6. The van der Waals surface area contributed by atoms with Crippen LogP contribution in [0.5, 0.6) is 0 Å². The molecule has 6 aromatic carbocycles. The number of anilines is 1. The van der Waals surface area contributed by atoms with E-state index in [-0.39, 0.29) is 23.7 Å². The third kappa shape index (κ3) is 2.78. The number of nitrogens with zero attached hydrogens (tertiary/aromatic N) is 1. The molecule has 3 nitrogen and oxygen atoms in total. The number of hydrogen-bond donors (Lipinski definition) is 0. The van der Waals surface area contributed by atoms with Crippen LogP contribution in [0.3, 0.4) is 0 Å². The molecule has 0 spiro atoms. The molecule has 0 radical (unpaired) electrons. The normalized spacial score (nSPS) is 15.0. The quantitative estimate of drug-likeness (QED) is 0.136. The summed E-state index contributed by atoms with van der Waals surface area (Å²) < 4.78 is 0. The number of rotatable bonds is 3. The van der Waals surface area contributed by atoms with Crippen LogP contribution in [0.25, 0.3) is 43.1 Å². The Balaban J connectivity index is 1.46. The molecule has 0 aromatic heterocycles. The van der Waals surface area contributed by atoms with Crippen molar-refractivity contribution in [2.45, 2.75) is 52.4 Å². The molecule has 1 heterocycles. The van der Waals surface area contributed by atoms with Gasteiger partial charge in [0.15, 0.2) is 0 Å². The molecule has 0 N–H and O–H groups in total. The van der Waals surface area contributed by atoms with Crippen molar-refractivity contribution in [1.29, 1.82) is 0 Å². The monoisotopic (exact) mass is 507 g/mol. The van der Waals surface area contributed by atoms with E-state index < -0.39 is 0 Å². The van der Waals surface area contributed by atoms with E-state index in [2.05, 4.69) is 76.2 Å². The summed E-state index contributed by atoms with van der Waals surface area (Å²) in [5, 5.41) is 9.19. The highest BCUT2D eigenvalue weighted by molar-refractivity contribution is 6.42. The van der Waals surface area contributed by atoms with Crippen LogP contribution in [0, 0.1) is 0 Å². The Morgan fingerprint density at radius 1 is 0.538 bits per heavy atom. The topological polar surface area (TPSA) is 37.4 Å². The fraction of sp³-hybridized carbons (Fsp3) is 0.222. The average Bonchev–Trinajstić information content (AvgIpc) is 3.36. The Hall–Kier alpha value is -4.24. The van der Waals surface area contributed by atoms with Crippen molar-refractivity contribution in [2.24, 2.45) is 0 Å². The molecule has 2 aliphatic rings. The first kappa shape index (κ1) is 22.7. The highest BCUT2D eigenvalue weighted by Crippen LogP contribution is 2.47. The molecule has 8 rings (SSSR count). The van der Waals surface area contributed by atoms with Gasteiger partial charge in [-0.3, -0.25) is 9.59 Å². The first-order valence-corrected chi connectivity index (χ1v) is 14.1. The van der Waals surface area contributed by atoms with E-state index in [0.29, 0.717) is 11.1 Å². The van der Waals surface area contributed by atoms with E-state index in [9.17, 15) is 9.59 Å². The molecule has 0 unspecified atom stereocenters. The van der Waals surface area contributed by atoms with Crippen molar-refractivity contribution in [3.63, 3.8) is 0 Å². The number of hydrogen-bond acceptors (Lipinski definition) is 2. The Labute approximate surface area is 227 Å². The minimum atomic E-state index is -0.231. The Kier molecular flexibility index (Phi) is 4.46. The maximum absolute atomic E-state index is 14.3. The van der Waals surface area contributed by atoms with Crippen LogP contribution in [0.1, 0.15) is 82.5 Å². The van der Waals surface area contributed by atoms with Gasteiger partial charge >= 0.3 is 0 Å². The number of aryl methyl sites for hydroxylation is 2. The van der Waals surface area contributed by atoms with Crippen LogP contribution in [0.2, 0.25) is 0 Å². The number of carbonyl (C=O) groups excluding carboxylic acids is 2. The Morgan fingerprint density at radius 3 is 1.44 bits per heavy atom. The third-order valence-electron chi connectivity index (χ3n) is 9.17. The van der Waals surface area contributed by atoms with Crippen molar-refractivity contribution in [3.8, 4) is 0 Å². The SMILES string of the molecule is CC(C)c1cccc(C(C)C)c1N1C(=O)c2ccc3c4ccc5c6c(ccc(c7ccc(c2c37)C1=O)c64)CC5. The van der Waals surface area contributed by atoms with E-state index >= 15 is 0 Å². The molecule has 0 saturated heterocycles. The van der Waals surface area contributed by atoms with E-state index in [4.69, 9.17) is 0 Å². The van der Waals surface area contributed by atoms with Gasteiger partial charge in [0.2, 0.25) is 0 Å². The minimum absolute atomic E-state index is 0.172. The van der Waals surface area contributed by atoms with Crippen LogP contribution >= 0.6 is 0 Å². The molecule has 1 aliphatic carbocycles. The molecular weight excluding hydrogens is 478 g/mol. The van der Waals surface area contributed by atoms with Crippen molar-refractivity contribution in [3.05, 3.63) is 100 Å². The van der Waals surface area contributed by atoms with Gasteiger partial charge in [-0.2, -0.15) is 0 Å². The maximum atomic E-state index is 14.3. The van der Waals surface area contributed by atoms with E-state index in [1.165, 1.54) is 37.6 Å². The molecule has 190 valence electrons. The molecular formula is C36H29NO2. The lowest BCUT2D eigenvalue weighted by Gasteiger charge is -2.32. The molecule has 3 heteroatoms. The molecule has 6 aromatic rings. The summed E-state index contributed by atoms with van der Waals surface area (Å²) in [4.78, 5) is 30.1. The molecule has 0 saturated carbocycles.